The highest BCUT2D eigenvalue weighted by atomic mass is 35.5. The highest BCUT2D eigenvalue weighted by Gasteiger charge is 2.32. The highest BCUT2D eigenvalue weighted by molar-refractivity contribution is 7.00. The van der Waals surface area contributed by atoms with E-state index in [2.05, 4.69) is 14.1 Å². The van der Waals surface area contributed by atoms with Gasteiger partial charge in [-0.15, -0.1) is 0 Å². The Bertz CT molecular complexity index is 891. The van der Waals surface area contributed by atoms with Gasteiger partial charge in [0.2, 0.25) is 5.91 Å². The molecule has 1 aliphatic rings. The van der Waals surface area contributed by atoms with Gasteiger partial charge in [0.15, 0.2) is 0 Å². The lowest BCUT2D eigenvalue weighted by molar-refractivity contribution is -0.116. The molecule has 4 nitrogen and oxygen atoms in total. The maximum Gasteiger partial charge on any atom is 0.225 e. The van der Waals surface area contributed by atoms with Gasteiger partial charge in [-0.1, -0.05) is 17.7 Å². The summed E-state index contributed by atoms with van der Waals surface area (Å²) in [6.45, 7) is 0. The number of carbonyl (C=O) groups is 1. The topological polar surface area (TPSA) is 54.9 Å². The fraction of sp³-hybridized carbons (Fsp3) is 0.133. The van der Waals surface area contributed by atoms with Gasteiger partial charge in [0.05, 0.1) is 11.7 Å². The summed E-state index contributed by atoms with van der Waals surface area (Å²) in [6, 6.07) is 8.11. The van der Waals surface area contributed by atoms with Crippen LogP contribution >= 0.6 is 23.3 Å². The van der Waals surface area contributed by atoms with E-state index in [0.717, 1.165) is 22.8 Å². The molecular weight excluding hydrogens is 325 g/mol. The van der Waals surface area contributed by atoms with Gasteiger partial charge in [-0.25, -0.2) is 4.39 Å². The van der Waals surface area contributed by atoms with Gasteiger partial charge < -0.3 is 5.32 Å². The van der Waals surface area contributed by atoms with Crippen molar-refractivity contribution in [1.29, 1.82) is 0 Å². The number of rotatable bonds is 1. The molecule has 1 amide bonds. The maximum absolute atomic E-state index is 14.3. The number of halogens is 2. The van der Waals surface area contributed by atoms with E-state index in [4.69, 9.17) is 11.6 Å². The molecule has 22 heavy (non-hydrogen) atoms. The summed E-state index contributed by atoms with van der Waals surface area (Å²) in [7, 11) is 0. The largest absolute Gasteiger partial charge is 0.326 e. The van der Waals surface area contributed by atoms with Gasteiger partial charge in [-0.3, -0.25) is 4.79 Å². The van der Waals surface area contributed by atoms with E-state index in [1.807, 2.05) is 0 Å². The summed E-state index contributed by atoms with van der Waals surface area (Å²) in [5.41, 5.74) is 3.17. The van der Waals surface area contributed by atoms with Crippen molar-refractivity contribution in [1.82, 2.24) is 8.75 Å². The summed E-state index contributed by atoms with van der Waals surface area (Å²) in [6.07, 6.45) is 0.129. The van der Waals surface area contributed by atoms with Crippen molar-refractivity contribution in [2.45, 2.75) is 12.3 Å². The Morgan fingerprint density at radius 1 is 1.23 bits per heavy atom. The first-order valence-corrected chi connectivity index (χ1v) is 7.75. The lowest BCUT2D eigenvalue weighted by Gasteiger charge is -2.27. The number of anilines is 1. The zero-order valence-corrected chi connectivity index (χ0v) is 12.7. The van der Waals surface area contributed by atoms with Crippen LogP contribution in [0, 0.1) is 5.82 Å². The third-order valence-electron chi connectivity index (χ3n) is 3.83. The SMILES string of the molecule is O=C1C[C@H](c2c(F)cccc2Cl)c2c(ccc3nsnc23)N1. The van der Waals surface area contributed by atoms with Gasteiger partial charge in [-0.05, 0) is 24.3 Å². The fourth-order valence-electron chi connectivity index (χ4n) is 2.91. The summed E-state index contributed by atoms with van der Waals surface area (Å²) in [4.78, 5) is 12.0. The molecular formula is C15H9ClFN3OS. The molecule has 2 aromatic carbocycles. The second kappa shape index (κ2) is 5.00. The van der Waals surface area contributed by atoms with Crippen LogP contribution in [0.3, 0.4) is 0 Å². The Morgan fingerprint density at radius 3 is 2.91 bits per heavy atom. The number of nitrogens with one attached hydrogen (secondary N) is 1. The zero-order valence-electron chi connectivity index (χ0n) is 11.1. The van der Waals surface area contributed by atoms with Crippen LogP contribution in [0.5, 0.6) is 0 Å². The van der Waals surface area contributed by atoms with Crippen LogP contribution in [0.15, 0.2) is 30.3 Å². The zero-order chi connectivity index (χ0) is 15.3. The summed E-state index contributed by atoms with van der Waals surface area (Å²) in [5, 5.41) is 3.12. The second-order valence-electron chi connectivity index (χ2n) is 5.10. The highest BCUT2D eigenvalue weighted by Crippen LogP contribution is 2.43. The first-order valence-electron chi connectivity index (χ1n) is 6.64. The molecule has 0 saturated heterocycles. The first-order chi connectivity index (χ1) is 10.6. The Labute approximate surface area is 134 Å². The van der Waals surface area contributed by atoms with Crippen LogP contribution in [0.25, 0.3) is 11.0 Å². The predicted molar refractivity (Wildman–Crippen MR) is 83.9 cm³/mol. The molecule has 0 radical (unpaired) electrons. The summed E-state index contributed by atoms with van der Waals surface area (Å²) >= 11 is 7.29. The van der Waals surface area contributed by atoms with Crippen molar-refractivity contribution in [3.8, 4) is 0 Å². The Hall–Kier alpha value is -2.05. The molecule has 0 unspecified atom stereocenters. The smallest absolute Gasteiger partial charge is 0.225 e. The van der Waals surface area contributed by atoms with E-state index < -0.39 is 11.7 Å². The molecule has 0 saturated carbocycles. The molecule has 1 aromatic heterocycles. The minimum Gasteiger partial charge on any atom is -0.326 e. The van der Waals surface area contributed by atoms with Gasteiger partial charge in [0.1, 0.15) is 16.9 Å². The monoisotopic (exact) mass is 333 g/mol. The minimum atomic E-state index is -0.468. The summed E-state index contributed by atoms with van der Waals surface area (Å²) in [5.74, 6) is -1.05. The lowest BCUT2D eigenvalue weighted by Crippen LogP contribution is -2.24. The van der Waals surface area contributed by atoms with Crippen molar-refractivity contribution in [2.75, 3.05) is 5.32 Å². The second-order valence-corrected chi connectivity index (χ2v) is 6.03. The number of aromatic nitrogens is 2. The van der Waals surface area contributed by atoms with Crippen LogP contribution in [0.1, 0.15) is 23.5 Å². The number of fused-ring (bicyclic) bond motifs is 3. The molecule has 0 bridgehead atoms. The van der Waals surface area contributed by atoms with Gasteiger partial charge in [0, 0.05) is 34.2 Å². The molecule has 1 N–H and O–H groups in total. The maximum atomic E-state index is 14.3. The van der Waals surface area contributed by atoms with Crippen LogP contribution < -0.4 is 5.32 Å². The fourth-order valence-corrected chi connectivity index (χ4v) is 3.76. The molecule has 110 valence electrons. The third-order valence-corrected chi connectivity index (χ3v) is 4.70. The van der Waals surface area contributed by atoms with Crippen LogP contribution in [0.4, 0.5) is 10.1 Å². The Kier molecular flexibility index (Phi) is 3.09. The van der Waals surface area contributed by atoms with E-state index in [9.17, 15) is 9.18 Å². The van der Waals surface area contributed by atoms with Crippen molar-refractivity contribution in [3.05, 3.63) is 52.3 Å². The van der Waals surface area contributed by atoms with Crippen LogP contribution in [0.2, 0.25) is 5.02 Å². The van der Waals surface area contributed by atoms with E-state index in [1.54, 1.807) is 24.3 Å². The molecule has 7 heteroatoms. The van der Waals surface area contributed by atoms with Crippen molar-refractivity contribution >= 4 is 46.0 Å². The van der Waals surface area contributed by atoms with E-state index in [0.29, 0.717) is 21.8 Å². The number of nitrogens with zero attached hydrogens (tertiary/aromatic N) is 2. The molecule has 0 aliphatic carbocycles. The number of hydrogen-bond donors (Lipinski definition) is 1. The van der Waals surface area contributed by atoms with Crippen molar-refractivity contribution in [3.63, 3.8) is 0 Å². The first kappa shape index (κ1) is 13.6. The molecule has 3 aromatic rings. The average molecular weight is 334 g/mol. The normalized spacial score (nSPS) is 17.4. The van der Waals surface area contributed by atoms with Crippen molar-refractivity contribution < 1.29 is 9.18 Å². The van der Waals surface area contributed by atoms with Gasteiger partial charge >= 0.3 is 0 Å². The molecule has 4 rings (SSSR count). The summed E-state index contributed by atoms with van der Waals surface area (Å²) < 4.78 is 22.8. The lowest BCUT2D eigenvalue weighted by atomic mass is 9.83. The molecule has 0 fully saturated rings. The number of carbonyl (C=O) groups excluding carboxylic acids is 1. The molecule has 2 heterocycles. The quantitative estimate of drug-likeness (QED) is 0.733. The number of hydrogen-bond acceptors (Lipinski definition) is 4. The minimum absolute atomic E-state index is 0.129. The Balaban J connectivity index is 2.03. The van der Waals surface area contributed by atoms with Gasteiger partial charge in [0.25, 0.3) is 0 Å². The number of benzene rings is 2. The average Bonchev–Trinajstić information content (AvgIpc) is 2.94. The van der Waals surface area contributed by atoms with Crippen molar-refractivity contribution in [2.24, 2.45) is 0 Å². The van der Waals surface area contributed by atoms with E-state index in [-0.39, 0.29) is 12.3 Å². The predicted octanol–water partition coefficient (Wildman–Crippen LogP) is 3.96. The number of amides is 1. The molecule has 1 aliphatic heterocycles. The van der Waals surface area contributed by atoms with Crippen LogP contribution in [-0.4, -0.2) is 14.7 Å². The molecule has 1 atom stereocenters. The third kappa shape index (κ3) is 1.99. The van der Waals surface area contributed by atoms with E-state index in [1.165, 1.54) is 6.07 Å². The Morgan fingerprint density at radius 2 is 2.09 bits per heavy atom. The van der Waals surface area contributed by atoms with Gasteiger partial charge in [-0.2, -0.15) is 8.75 Å². The van der Waals surface area contributed by atoms with E-state index >= 15 is 0 Å². The van der Waals surface area contributed by atoms with Crippen LogP contribution in [-0.2, 0) is 4.79 Å². The molecule has 0 spiro atoms. The standard InChI is InChI=1S/C15H9ClFN3OS/c16-8-2-1-3-9(17)13(8)7-6-12(21)18-10-4-5-11-15(14(7)10)20-22-19-11/h1-5,7H,6H2,(H,18,21)/t7-/m1/s1.